The molecule has 0 fully saturated rings. The molecule has 0 atom stereocenters. The molecule has 2 N–H and O–H groups in total. The van der Waals surface area contributed by atoms with Crippen LogP contribution in [0.2, 0.25) is 0 Å². The summed E-state index contributed by atoms with van der Waals surface area (Å²) in [4.78, 5) is 27.1. The Morgan fingerprint density at radius 2 is 2.12 bits per heavy atom. The standard InChI is InChI=1S/C21H26N2O3/c1-26-18-8-9-19-17(14-18)13-16(21(25)23-19)7-10-20(24)22-12-11-15-5-3-2-4-6-15/h5,8-9,13-14H,2-4,6-7,10-12H2,1H3,(H,22,24)(H,23,25). The Labute approximate surface area is 153 Å². The van der Waals surface area contributed by atoms with Crippen LogP contribution in [0, 0.1) is 0 Å². The number of carbonyl (C=O) groups excluding carboxylic acids is 1. The number of aromatic amines is 1. The van der Waals surface area contributed by atoms with Gasteiger partial charge in [0.2, 0.25) is 5.91 Å². The largest absolute Gasteiger partial charge is 0.497 e. The zero-order chi connectivity index (χ0) is 18.4. The highest BCUT2D eigenvalue weighted by Crippen LogP contribution is 2.20. The Hall–Kier alpha value is -2.56. The first-order chi connectivity index (χ1) is 12.7. The Morgan fingerprint density at radius 3 is 2.88 bits per heavy atom. The number of benzene rings is 1. The lowest BCUT2D eigenvalue weighted by Gasteiger charge is -2.13. The van der Waals surface area contributed by atoms with Gasteiger partial charge in [-0.3, -0.25) is 9.59 Å². The van der Waals surface area contributed by atoms with Crippen molar-refractivity contribution in [3.63, 3.8) is 0 Å². The van der Waals surface area contributed by atoms with Crippen LogP contribution in [-0.2, 0) is 11.2 Å². The number of aromatic nitrogens is 1. The molecule has 0 spiro atoms. The third-order valence-corrected chi connectivity index (χ3v) is 4.90. The first kappa shape index (κ1) is 18.2. The van der Waals surface area contributed by atoms with Gasteiger partial charge < -0.3 is 15.0 Å². The number of H-pyrrole nitrogens is 1. The Kier molecular flexibility index (Phi) is 6.10. The fourth-order valence-electron chi connectivity index (χ4n) is 3.37. The molecule has 0 radical (unpaired) electrons. The highest BCUT2D eigenvalue weighted by Gasteiger charge is 2.08. The minimum absolute atomic E-state index is 0.00783. The summed E-state index contributed by atoms with van der Waals surface area (Å²) >= 11 is 0. The molecule has 3 rings (SSSR count). The second kappa shape index (κ2) is 8.70. The van der Waals surface area contributed by atoms with Crippen molar-refractivity contribution in [2.45, 2.75) is 44.9 Å². The molecule has 1 aliphatic rings. The van der Waals surface area contributed by atoms with Crippen molar-refractivity contribution in [2.24, 2.45) is 0 Å². The van der Waals surface area contributed by atoms with Crippen LogP contribution < -0.4 is 15.6 Å². The van der Waals surface area contributed by atoms with Crippen molar-refractivity contribution in [1.29, 1.82) is 0 Å². The predicted molar refractivity (Wildman–Crippen MR) is 104 cm³/mol. The minimum Gasteiger partial charge on any atom is -0.497 e. The van der Waals surface area contributed by atoms with Crippen LogP contribution in [0.3, 0.4) is 0 Å². The van der Waals surface area contributed by atoms with Gasteiger partial charge in [-0.1, -0.05) is 11.6 Å². The van der Waals surface area contributed by atoms with Gasteiger partial charge in [-0.05, 0) is 62.8 Å². The summed E-state index contributed by atoms with van der Waals surface area (Å²) in [6.45, 7) is 0.677. The molecule has 0 aliphatic heterocycles. The molecule has 1 amide bonds. The Balaban J connectivity index is 1.54. The van der Waals surface area contributed by atoms with Gasteiger partial charge in [0.25, 0.3) is 5.56 Å². The topological polar surface area (TPSA) is 71.2 Å². The van der Waals surface area contributed by atoms with Crippen molar-refractivity contribution in [3.8, 4) is 5.75 Å². The molecule has 0 unspecified atom stereocenters. The van der Waals surface area contributed by atoms with Gasteiger partial charge in [0, 0.05) is 29.4 Å². The molecule has 0 bridgehead atoms. The van der Waals surface area contributed by atoms with Gasteiger partial charge >= 0.3 is 0 Å². The van der Waals surface area contributed by atoms with Gasteiger partial charge in [-0.2, -0.15) is 0 Å². The smallest absolute Gasteiger partial charge is 0.251 e. The molecular weight excluding hydrogens is 328 g/mol. The molecular formula is C21H26N2O3. The number of ether oxygens (including phenoxy) is 1. The minimum atomic E-state index is -0.136. The maximum Gasteiger partial charge on any atom is 0.251 e. The van der Waals surface area contributed by atoms with E-state index in [0.717, 1.165) is 29.5 Å². The van der Waals surface area contributed by atoms with Crippen molar-refractivity contribution in [1.82, 2.24) is 10.3 Å². The molecule has 2 aromatic rings. The van der Waals surface area contributed by atoms with E-state index >= 15 is 0 Å². The number of amides is 1. The van der Waals surface area contributed by atoms with Crippen molar-refractivity contribution < 1.29 is 9.53 Å². The van der Waals surface area contributed by atoms with Gasteiger partial charge in [-0.25, -0.2) is 0 Å². The van der Waals surface area contributed by atoms with Crippen LogP contribution in [-0.4, -0.2) is 24.5 Å². The third-order valence-electron chi connectivity index (χ3n) is 4.90. The number of nitrogens with one attached hydrogen (secondary N) is 2. The summed E-state index contributed by atoms with van der Waals surface area (Å²) in [6.07, 6.45) is 8.84. The van der Waals surface area contributed by atoms with E-state index in [9.17, 15) is 9.59 Å². The quantitative estimate of drug-likeness (QED) is 0.748. The first-order valence-electron chi connectivity index (χ1n) is 9.30. The highest BCUT2D eigenvalue weighted by atomic mass is 16.5. The van der Waals surface area contributed by atoms with Crippen LogP contribution >= 0.6 is 0 Å². The summed E-state index contributed by atoms with van der Waals surface area (Å²) < 4.78 is 5.22. The fourth-order valence-corrected chi connectivity index (χ4v) is 3.37. The Morgan fingerprint density at radius 1 is 1.23 bits per heavy atom. The number of aryl methyl sites for hydroxylation is 1. The van der Waals surface area contributed by atoms with E-state index in [1.807, 2.05) is 24.3 Å². The number of hydrogen-bond donors (Lipinski definition) is 2. The lowest BCUT2D eigenvalue weighted by molar-refractivity contribution is -0.121. The maximum absolute atomic E-state index is 12.2. The van der Waals surface area contributed by atoms with E-state index in [0.29, 0.717) is 24.9 Å². The number of pyridine rings is 1. The second-order valence-corrected chi connectivity index (χ2v) is 6.78. The van der Waals surface area contributed by atoms with Gasteiger partial charge in [-0.15, -0.1) is 0 Å². The van der Waals surface area contributed by atoms with E-state index in [1.54, 1.807) is 7.11 Å². The molecule has 1 aliphatic carbocycles. The summed E-state index contributed by atoms with van der Waals surface area (Å²) in [6, 6.07) is 7.36. The number of carbonyl (C=O) groups is 1. The number of rotatable bonds is 7. The van der Waals surface area contributed by atoms with Gasteiger partial charge in [0.15, 0.2) is 0 Å². The lowest BCUT2D eigenvalue weighted by Crippen LogP contribution is -2.26. The molecule has 138 valence electrons. The molecule has 5 heteroatoms. The molecule has 1 heterocycles. The van der Waals surface area contributed by atoms with Crippen molar-refractivity contribution in [3.05, 3.63) is 51.8 Å². The number of methoxy groups -OCH3 is 1. The van der Waals surface area contributed by atoms with Crippen LogP contribution in [0.4, 0.5) is 0 Å². The summed E-state index contributed by atoms with van der Waals surface area (Å²) in [7, 11) is 1.61. The average molecular weight is 354 g/mol. The van der Waals surface area contributed by atoms with Gasteiger partial charge in [0.1, 0.15) is 5.75 Å². The van der Waals surface area contributed by atoms with E-state index < -0.39 is 0 Å². The zero-order valence-electron chi connectivity index (χ0n) is 15.3. The highest BCUT2D eigenvalue weighted by molar-refractivity contribution is 5.81. The number of fused-ring (bicyclic) bond motifs is 1. The maximum atomic E-state index is 12.2. The molecule has 26 heavy (non-hydrogen) atoms. The molecule has 0 saturated heterocycles. The normalized spacial score (nSPS) is 14.1. The van der Waals surface area contributed by atoms with Crippen LogP contribution in [0.5, 0.6) is 5.75 Å². The molecule has 0 saturated carbocycles. The Bertz CT molecular complexity index is 867. The van der Waals surface area contributed by atoms with Crippen LogP contribution in [0.15, 0.2) is 40.7 Å². The lowest BCUT2D eigenvalue weighted by atomic mass is 9.97. The van der Waals surface area contributed by atoms with Crippen molar-refractivity contribution >= 4 is 16.8 Å². The van der Waals surface area contributed by atoms with Crippen molar-refractivity contribution in [2.75, 3.05) is 13.7 Å². The monoisotopic (exact) mass is 354 g/mol. The van der Waals surface area contributed by atoms with E-state index in [2.05, 4.69) is 16.4 Å². The predicted octanol–water partition coefficient (Wildman–Crippen LogP) is 3.48. The molecule has 1 aromatic carbocycles. The van der Waals surface area contributed by atoms with Crippen LogP contribution in [0.25, 0.3) is 10.9 Å². The van der Waals surface area contributed by atoms with Crippen LogP contribution in [0.1, 0.15) is 44.1 Å². The third kappa shape index (κ3) is 4.75. The number of hydrogen-bond acceptors (Lipinski definition) is 3. The summed E-state index contributed by atoms with van der Waals surface area (Å²) in [5, 5.41) is 3.87. The zero-order valence-corrected chi connectivity index (χ0v) is 15.3. The summed E-state index contributed by atoms with van der Waals surface area (Å²) in [5.41, 5.74) is 2.71. The fraction of sp³-hybridized carbons (Fsp3) is 0.429. The van der Waals surface area contributed by atoms with E-state index in [1.165, 1.54) is 24.8 Å². The van der Waals surface area contributed by atoms with E-state index in [-0.39, 0.29) is 11.5 Å². The van der Waals surface area contributed by atoms with Gasteiger partial charge in [0.05, 0.1) is 7.11 Å². The second-order valence-electron chi connectivity index (χ2n) is 6.78. The number of allylic oxidation sites excluding steroid dienone is 1. The molecule has 1 aromatic heterocycles. The summed E-state index contributed by atoms with van der Waals surface area (Å²) in [5.74, 6) is 0.733. The average Bonchev–Trinajstić information content (AvgIpc) is 2.67. The first-order valence-corrected chi connectivity index (χ1v) is 9.30. The van der Waals surface area contributed by atoms with E-state index in [4.69, 9.17) is 4.74 Å². The SMILES string of the molecule is COc1ccc2[nH]c(=O)c(CCC(=O)NCCC3=CCCCC3)cc2c1. The molecule has 5 nitrogen and oxygen atoms in total.